The molecule has 2 rings (SSSR count). The molecule has 4 heteroatoms. The van der Waals surface area contributed by atoms with Crippen molar-refractivity contribution < 1.29 is 0 Å². The molecule has 0 atom stereocenters. The highest BCUT2D eigenvalue weighted by molar-refractivity contribution is 5.93. The zero-order valence-corrected chi connectivity index (χ0v) is 11.8. The topological polar surface area (TPSA) is 99.6 Å². The van der Waals surface area contributed by atoms with Crippen LogP contribution in [0.2, 0.25) is 0 Å². The Kier molecular flexibility index (Phi) is 5.68. The highest BCUT2D eigenvalue weighted by Crippen LogP contribution is 2.29. The van der Waals surface area contributed by atoms with Crippen LogP contribution >= 0.6 is 0 Å². The smallest absolute Gasteiger partial charge is 0.101 e. The monoisotopic (exact) mass is 266 g/mol. The Labute approximate surface area is 119 Å². The molecule has 0 spiro atoms. The van der Waals surface area contributed by atoms with Gasteiger partial charge in [-0.2, -0.15) is 10.5 Å². The molecule has 2 aromatic carbocycles. The summed E-state index contributed by atoms with van der Waals surface area (Å²) in [4.78, 5) is 0. The summed E-state index contributed by atoms with van der Waals surface area (Å²) in [5.41, 5.74) is 13.5. The Morgan fingerprint density at radius 1 is 0.850 bits per heavy atom. The van der Waals surface area contributed by atoms with Gasteiger partial charge >= 0.3 is 0 Å². The summed E-state index contributed by atoms with van der Waals surface area (Å²) in [6, 6.07) is 11.7. The van der Waals surface area contributed by atoms with E-state index >= 15 is 0 Å². The molecule has 0 saturated heterocycles. The van der Waals surface area contributed by atoms with Crippen molar-refractivity contribution in [3.8, 4) is 12.1 Å². The summed E-state index contributed by atoms with van der Waals surface area (Å²) in [5.74, 6) is 0. The lowest BCUT2D eigenvalue weighted by atomic mass is 9.90. The second-order valence-corrected chi connectivity index (χ2v) is 3.88. The minimum Gasteiger partial charge on any atom is -0.326 e. The van der Waals surface area contributed by atoms with E-state index in [0.29, 0.717) is 22.3 Å². The van der Waals surface area contributed by atoms with Crippen LogP contribution in [-0.4, -0.2) is 0 Å². The van der Waals surface area contributed by atoms with E-state index in [2.05, 4.69) is 12.1 Å². The van der Waals surface area contributed by atoms with Crippen LogP contribution in [0.15, 0.2) is 24.3 Å². The van der Waals surface area contributed by atoms with Crippen LogP contribution in [0.1, 0.15) is 36.1 Å². The quantitative estimate of drug-likeness (QED) is 0.872. The molecule has 4 N–H and O–H groups in total. The van der Waals surface area contributed by atoms with Crippen LogP contribution in [0.25, 0.3) is 10.8 Å². The van der Waals surface area contributed by atoms with Crippen LogP contribution in [-0.2, 0) is 13.1 Å². The van der Waals surface area contributed by atoms with Gasteiger partial charge in [-0.3, -0.25) is 0 Å². The minimum atomic E-state index is 0.225. The summed E-state index contributed by atoms with van der Waals surface area (Å²) >= 11 is 0. The van der Waals surface area contributed by atoms with Crippen molar-refractivity contribution in [2.75, 3.05) is 0 Å². The third-order valence-electron chi connectivity index (χ3n) is 3.06. The van der Waals surface area contributed by atoms with E-state index in [-0.39, 0.29) is 13.1 Å². The SMILES string of the molecule is CC.N#Cc1c(C#N)c(CN)c2ccccc2c1CN. The molecule has 0 radical (unpaired) electrons. The van der Waals surface area contributed by atoms with E-state index in [1.165, 1.54) is 0 Å². The molecule has 0 heterocycles. The number of nitrogens with two attached hydrogens (primary N) is 2. The predicted molar refractivity (Wildman–Crippen MR) is 80.5 cm³/mol. The van der Waals surface area contributed by atoms with Crippen LogP contribution in [0.4, 0.5) is 0 Å². The van der Waals surface area contributed by atoms with Gasteiger partial charge in [0.25, 0.3) is 0 Å². The van der Waals surface area contributed by atoms with Crippen molar-refractivity contribution in [3.05, 3.63) is 46.5 Å². The second-order valence-electron chi connectivity index (χ2n) is 3.88. The number of nitrogens with zero attached hydrogens (tertiary/aromatic N) is 2. The molecule has 0 amide bonds. The Bertz CT molecular complexity index is 630. The first-order chi connectivity index (χ1) is 9.78. The Morgan fingerprint density at radius 2 is 1.20 bits per heavy atom. The third-order valence-corrected chi connectivity index (χ3v) is 3.06. The molecule has 0 fully saturated rings. The molecule has 2 aromatic rings. The fourth-order valence-corrected chi connectivity index (χ4v) is 2.25. The number of nitriles is 2. The van der Waals surface area contributed by atoms with Crippen molar-refractivity contribution in [2.24, 2.45) is 11.5 Å². The fraction of sp³-hybridized carbons (Fsp3) is 0.250. The Morgan fingerprint density at radius 3 is 1.45 bits per heavy atom. The van der Waals surface area contributed by atoms with Crippen molar-refractivity contribution >= 4 is 10.8 Å². The lowest BCUT2D eigenvalue weighted by Gasteiger charge is -2.13. The van der Waals surface area contributed by atoms with Gasteiger partial charge in [-0.15, -0.1) is 0 Å². The largest absolute Gasteiger partial charge is 0.326 e. The minimum absolute atomic E-state index is 0.225. The number of hydrogen-bond acceptors (Lipinski definition) is 4. The van der Waals surface area contributed by atoms with Gasteiger partial charge in [0.15, 0.2) is 0 Å². The van der Waals surface area contributed by atoms with Gasteiger partial charge < -0.3 is 11.5 Å². The lowest BCUT2D eigenvalue weighted by Crippen LogP contribution is -2.09. The van der Waals surface area contributed by atoms with Crippen molar-refractivity contribution in [1.82, 2.24) is 0 Å². The van der Waals surface area contributed by atoms with Crippen molar-refractivity contribution in [3.63, 3.8) is 0 Å². The summed E-state index contributed by atoms with van der Waals surface area (Å²) in [6.07, 6.45) is 0. The third kappa shape index (κ3) is 2.48. The van der Waals surface area contributed by atoms with Gasteiger partial charge in [0.1, 0.15) is 12.1 Å². The molecular formula is C16H18N4. The molecule has 0 unspecified atom stereocenters. The molecule has 0 saturated carbocycles. The van der Waals surface area contributed by atoms with Crippen LogP contribution in [0.3, 0.4) is 0 Å². The van der Waals surface area contributed by atoms with Gasteiger partial charge in [-0.25, -0.2) is 0 Å². The number of benzene rings is 2. The summed E-state index contributed by atoms with van der Waals surface area (Å²) in [7, 11) is 0. The van der Waals surface area contributed by atoms with Crippen molar-refractivity contribution in [1.29, 1.82) is 10.5 Å². The highest BCUT2D eigenvalue weighted by Gasteiger charge is 2.17. The number of fused-ring (bicyclic) bond motifs is 1. The van der Waals surface area contributed by atoms with E-state index < -0.39 is 0 Å². The van der Waals surface area contributed by atoms with Crippen LogP contribution in [0.5, 0.6) is 0 Å². The van der Waals surface area contributed by atoms with Gasteiger partial charge in [0.2, 0.25) is 0 Å². The van der Waals surface area contributed by atoms with Crippen molar-refractivity contribution in [2.45, 2.75) is 26.9 Å². The molecule has 0 aliphatic rings. The zero-order valence-electron chi connectivity index (χ0n) is 11.8. The maximum Gasteiger partial charge on any atom is 0.101 e. The zero-order chi connectivity index (χ0) is 15.1. The average molecular weight is 266 g/mol. The maximum absolute atomic E-state index is 9.24. The first-order valence-corrected chi connectivity index (χ1v) is 6.55. The predicted octanol–water partition coefficient (Wildman–Crippen LogP) is 2.53. The van der Waals surface area contributed by atoms with Gasteiger partial charge in [0.05, 0.1) is 11.1 Å². The molecule has 0 aliphatic carbocycles. The molecule has 20 heavy (non-hydrogen) atoms. The molecule has 102 valence electrons. The first kappa shape index (κ1) is 15.7. The van der Waals surface area contributed by atoms with Gasteiger partial charge in [-0.1, -0.05) is 38.1 Å². The van der Waals surface area contributed by atoms with E-state index in [0.717, 1.165) is 10.8 Å². The number of hydrogen-bond donors (Lipinski definition) is 2. The molecule has 0 aliphatic heterocycles. The normalized spacial score (nSPS) is 9.30. The molecule has 4 nitrogen and oxygen atoms in total. The fourth-order valence-electron chi connectivity index (χ4n) is 2.25. The summed E-state index contributed by atoms with van der Waals surface area (Å²) in [6.45, 7) is 4.45. The van der Waals surface area contributed by atoms with Crippen LogP contribution < -0.4 is 11.5 Å². The molecule has 0 aromatic heterocycles. The second kappa shape index (κ2) is 7.25. The van der Waals surface area contributed by atoms with E-state index in [1.54, 1.807) is 0 Å². The van der Waals surface area contributed by atoms with Gasteiger partial charge in [0, 0.05) is 13.1 Å². The highest BCUT2D eigenvalue weighted by atomic mass is 14.6. The summed E-state index contributed by atoms with van der Waals surface area (Å²) < 4.78 is 0. The lowest BCUT2D eigenvalue weighted by molar-refractivity contribution is 1.05. The van der Waals surface area contributed by atoms with Crippen LogP contribution in [0, 0.1) is 22.7 Å². The Balaban J connectivity index is 0.000000956. The summed E-state index contributed by atoms with van der Waals surface area (Å²) in [5, 5.41) is 20.3. The number of rotatable bonds is 2. The first-order valence-electron chi connectivity index (χ1n) is 6.55. The standard InChI is InChI=1S/C14H12N4.C2H6/c15-5-11-9-3-1-2-4-10(9)12(6-16)14(8-18)13(11)7-17;1-2/h1-4H,5-6,15-16H2;1-2H3. The van der Waals surface area contributed by atoms with Gasteiger partial charge in [-0.05, 0) is 21.9 Å². The van der Waals surface area contributed by atoms with E-state index in [9.17, 15) is 10.5 Å². The molecular weight excluding hydrogens is 248 g/mol. The average Bonchev–Trinajstić information content (AvgIpc) is 2.54. The maximum atomic E-state index is 9.24. The Hall–Kier alpha value is -2.40. The molecule has 0 bridgehead atoms. The van der Waals surface area contributed by atoms with E-state index in [1.807, 2.05) is 38.1 Å². The van der Waals surface area contributed by atoms with E-state index in [4.69, 9.17) is 11.5 Å².